The Bertz CT molecular complexity index is 801. The summed E-state index contributed by atoms with van der Waals surface area (Å²) in [5, 5.41) is 14.7. The fourth-order valence-corrected chi connectivity index (χ4v) is 3.77. The molecule has 0 saturated carbocycles. The Hall–Kier alpha value is -2.43. The van der Waals surface area contributed by atoms with Crippen LogP contribution in [0.4, 0.5) is 0 Å². The van der Waals surface area contributed by atoms with Crippen molar-refractivity contribution in [1.29, 1.82) is 0 Å². The molecule has 2 aromatic carbocycles. The smallest absolute Gasteiger partial charge is 0.0862 e. The van der Waals surface area contributed by atoms with Crippen molar-refractivity contribution in [3.05, 3.63) is 89.7 Å². The van der Waals surface area contributed by atoms with Crippen LogP contribution in [0.15, 0.2) is 73.1 Å². The van der Waals surface area contributed by atoms with Gasteiger partial charge in [0.1, 0.15) is 0 Å². The lowest BCUT2D eigenvalue weighted by atomic mass is 9.84. The molecule has 1 aliphatic rings. The van der Waals surface area contributed by atoms with Crippen molar-refractivity contribution in [3.8, 4) is 0 Å². The fourth-order valence-electron chi connectivity index (χ4n) is 3.77. The second-order valence-electron chi connectivity index (χ2n) is 6.74. The highest BCUT2D eigenvalue weighted by atomic mass is 16.3. The lowest BCUT2D eigenvalue weighted by Crippen LogP contribution is -2.40. The van der Waals surface area contributed by atoms with E-state index < -0.39 is 6.10 Å². The molecular formula is C21H23N3O. The third kappa shape index (κ3) is 3.65. The van der Waals surface area contributed by atoms with E-state index in [-0.39, 0.29) is 0 Å². The molecule has 0 bridgehead atoms. The molecule has 3 aromatic rings. The Morgan fingerprint density at radius 3 is 2.60 bits per heavy atom. The topological polar surface area (TPSA) is 41.3 Å². The maximum Gasteiger partial charge on any atom is 0.0862 e. The molecule has 2 heterocycles. The molecule has 0 aliphatic carbocycles. The molecule has 2 atom stereocenters. The second kappa shape index (κ2) is 7.21. The first kappa shape index (κ1) is 16.1. The van der Waals surface area contributed by atoms with E-state index in [1.165, 1.54) is 16.7 Å². The molecule has 0 fully saturated rings. The number of benzene rings is 2. The average Bonchev–Trinajstić information content (AvgIpc) is 3.14. The number of rotatable bonds is 5. The van der Waals surface area contributed by atoms with Crippen molar-refractivity contribution in [1.82, 2.24) is 14.7 Å². The zero-order valence-corrected chi connectivity index (χ0v) is 14.2. The predicted octanol–water partition coefficient (Wildman–Crippen LogP) is 2.89. The normalized spacial score (nSPS) is 18.7. The third-order valence-corrected chi connectivity index (χ3v) is 4.89. The van der Waals surface area contributed by atoms with Gasteiger partial charge in [-0.2, -0.15) is 5.10 Å². The summed E-state index contributed by atoms with van der Waals surface area (Å²) in [5.74, 6) is 0.350. The number of fused-ring (bicyclic) bond motifs is 1. The Morgan fingerprint density at radius 1 is 1.00 bits per heavy atom. The molecule has 0 spiro atoms. The molecule has 1 aromatic heterocycles. The molecule has 25 heavy (non-hydrogen) atoms. The van der Waals surface area contributed by atoms with E-state index in [9.17, 15) is 5.11 Å². The first-order valence-corrected chi connectivity index (χ1v) is 8.80. The van der Waals surface area contributed by atoms with Crippen molar-refractivity contribution in [2.45, 2.75) is 25.1 Å². The van der Waals surface area contributed by atoms with E-state index in [4.69, 9.17) is 0 Å². The van der Waals surface area contributed by atoms with Crippen molar-refractivity contribution >= 4 is 0 Å². The Labute approximate surface area is 148 Å². The van der Waals surface area contributed by atoms with Crippen molar-refractivity contribution in [2.75, 3.05) is 13.1 Å². The molecule has 1 N–H and O–H groups in total. The van der Waals surface area contributed by atoms with Gasteiger partial charge >= 0.3 is 0 Å². The molecule has 0 amide bonds. The van der Waals surface area contributed by atoms with Crippen LogP contribution in [0, 0.1) is 0 Å². The van der Waals surface area contributed by atoms with Gasteiger partial charge in [-0.3, -0.25) is 9.58 Å². The highest BCUT2D eigenvalue weighted by Gasteiger charge is 2.27. The number of hydrogen-bond donors (Lipinski definition) is 1. The van der Waals surface area contributed by atoms with Crippen LogP contribution >= 0.6 is 0 Å². The van der Waals surface area contributed by atoms with Gasteiger partial charge in [0, 0.05) is 37.9 Å². The largest absolute Gasteiger partial charge is 0.390 e. The van der Waals surface area contributed by atoms with Gasteiger partial charge < -0.3 is 5.11 Å². The fraction of sp³-hybridized carbons (Fsp3) is 0.286. The van der Waals surface area contributed by atoms with Crippen LogP contribution in [0.5, 0.6) is 0 Å². The minimum atomic E-state index is -0.429. The molecule has 0 unspecified atom stereocenters. The van der Waals surface area contributed by atoms with E-state index in [0.29, 0.717) is 19.0 Å². The van der Waals surface area contributed by atoms with Crippen molar-refractivity contribution < 1.29 is 5.11 Å². The molecule has 128 valence electrons. The quantitative estimate of drug-likeness (QED) is 0.780. The third-order valence-electron chi connectivity index (χ3n) is 4.89. The Morgan fingerprint density at radius 2 is 1.80 bits per heavy atom. The number of nitrogens with zero attached hydrogens (tertiary/aromatic N) is 3. The van der Waals surface area contributed by atoms with Crippen LogP contribution < -0.4 is 0 Å². The molecule has 0 saturated heterocycles. The molecular weight excluding hydrogens is 310 g/mol. The van der Waals surface area contributed by atoms with Gasteiger partial charge in [-0.05, 0) is 22.8 Å². The number of aliphatic hydroxyl groups excluding tert-OH is 1. The average molecular weight is 333 g/mol. The maximum absolute atomic E-state index is 10.5. The van der Waals surface area contributed by atoms with Crippen LogP contribution in [0.3, 0.4) is 0 Å². The summed E-state index contributed by atoms with van der Waals surface area (Å²) in [7, 11) is 0. The van der Waals surface area contributed by atoms with Gasteiger partial charge in [0.05, 0.1) is 12.6 Å². The Balaban J connectivity index is 1.53. The molecule has 1 aliphatic heterocycles. The minimum absolute atomic E-state index is 0.350. The number of aromatic nitrogens is 2. The lowest BCUT2D eigenvalue weighted by Gasteiger charge is -2.36. The zero-order valence-electron chi connectivity index (χ0n) is 14.2. The van der Waals surface area contributed by atoms with Gasteiger partial charge in [0.2, 0.25) is 0 Å². The van der Waals surface area contributed by atoms with Gasteiger partial charge in [0.25, 0.3) is 0 Å². The van der Waals surface area contributed by atoms with Gasteiger partial charge in [-0.1, -0.05) is 54.6 Å². The van der Waals surface area contributed by atoms with E-state index in [1.54, 1.807) is 10.9 Å². The summed E-state index contributed by atoms with van der Waals surface area (Å²) in [6.45, 7) is 2.99. The molecule has 4 rings (SSSR count). The van der Waals surface area contributed by atoms with E-state index in [1.807, 2.05) is 12.3 Å². The van der Waals surface area contributed by atoms with Crippen molar-refractivity contribution in [3.63, 3.8) is 0 Å². The zero-order chi connectivity index (χ0) is 17.1. The number of β-amino-alcohol motifs (C(OH)–C–C–N with tert-alkyl or cyclic N) is 1. The minimum Gasteiger partial charge on any atom is -0.390 e. The summed E-state index contributed by atoms with van der Waals surface area (Å²) in [6.07, 6.45) is 3.21. The van der Waals surface area contributed by atoms with E-state index in [0.717, 1.165) is 13.1 Å². The first-order valence-electron chi connectivity index (χ1n) is 8.80. The summed E-state index contributed by atoms with van der Waals surface area (Å²) in [5.41, 5.74) is 4.10. The predicted molar refractivity (Wildman–Crippen MR) is 98.2 cm³/mol. The Kier molecular flexibility index (Phi) is 4.63. The SMILES string of the molecule is O[C@@H](CN1Cc2ccccc2[C@H](c2ccccc2)C1)Cn1cccn1. The van der Waals surface area contributed by atoms with E-state index >= 15 is 0 Å². The van der Waals surface area contributed by atoms with Gasteiger partial charge in [0.15, 0.2) is 0 Å². The number of aliphatic hydroxyl groups is 1. The summed E-state index contributed by atoms with van der Waals surface area (Å²) < 4.78 is 1.79. The lowest BCUT2D eigenvalue weighted by molar-refractivity contribution is 0.0861. The van der Waals surface area contributed by atoms with Crippen LogP contribution in [-0.2, 0) is 13.1 Å². The number of hydrogen-bond acceptors (Lipinski definition) is 3. The van der Waals surface area contributed by atoms with Crippen LogP contribution in [0.1, 0.15) is 22.6 Å². The second-order valence-corrected chi connectivity index (χ2v) is 6.74. The highest BCUT2D eigenvalue weighted by molar-refractivity contribution is 5.40. The molecule has 4 nitrogen and oxygen atoms in total. The highest BCUT2D eigenvalue weighted by Crippen LogP contribution is 2.33. The monoisotopic (exact) mass is 333 g/mol. The molecule has 4 heteroatoms. The standard InChI is InChI=1S/C21H23N3O/c25-19(15-24-12-6-11-22-24)14-23-13-18-9-4-5-10-20(18)21(16-23)17-7-2-1-3-8-17/h1-12,19,21,25H,13-16H2/t19-,21-/m0/s1. The summed E-state index contributed by atoms with van der Waals surface area (Å²) in [4.78, 5) is 2.36. The maximum atomic E-state index is 10.5. The molecule has 0 radical (unpaired) electrons. The van der Waals surface area contributed by atoms with Crippen LogP contribution in [0.2, 0.25) is 0 Å². The van der Waals surface area contributed by atoms with Crippen molar-refractivity contribution in [2.24, 2.45) is 0 Å². The van der Waals surface area contributed by atoms with Gasteiger partial charge in [-0.15, -0.1) is 0 Å². The summed E-state index contributed by atoms with van der Waals surface area (Å²) in [6, 6.07) is 21.2. The van der Waals surface area contributed by atoms with E-state index in [2.05, 4.69) is 64.6 Å². The first-order chi connectivity index (χ1) is 12.3. The van der Waals surface area contributed by atoms with Gasteiger partial charge in [-0.25, -0.2) is 0 Å². The van der Waals surface area contributed by atoms with Crippen LogP contribution in [0.25, 0.3) is 0 Å². The van der Waals surface area contributed by atoms with Crippen LogP contribution in [-0.4, -0.2) is 39.0 Å². The summed E-state index contributed by atoms with van der Waals surface area (Å²) >= 11 is 0.